The van der Waals surface area contributed by atoms with E-state index in [0.29, 0.717) is 18.1 Å². The number of benzene rings is 2. The van der Waals surface area contributed by atoms with Gasteiger partial charge in [-0.3, -0.25) is 9.59 Å². The summed E-state index contributed by atoms with van der Waals surface area (Å²) in [5, 5.41) is 9.05. The number of rotatable bonds is 10. The second-order valence-corrected chi connectivity index (χ2v) is 6.01. The van der Waals surface area contributed by atoms with E-state index in [2.05, 4.69) is 0 Å². The van der Waals surface area contributed by atoms with E-state index in [1.165, 1.54) is 7.11 Å². The molecule has 1 atom stereocenters. The SMILES string of the molecule is CCOC(=O)C(CC(=O)O)Cc1ccc(OCc2ccccc2)c(OC)c1. The summed E-state index contributed by atoms with van der Waals surface area (Å²) in [4.78, 5) is 23.1. The van der Waals surface area contributed by atoms with Crippen molar-refractivity contribution in [2.45, 2.75) is 26.4 Å². The molecule has 0 radical (unpaired) electrons. The molecule has 2 rings (SSSR count). The molecular formula is C21H24O6. The lowest BCUT2D eigenvalue weighted by Crippen LogP contribution is -2.23. The average molecular weight is 372 g/mol. The maximum absolute atomic E-state index is 12.0. The lowest BCUT2D eigenvalue weighted by atomic mass is 9.96. The molecule has 0 amide bonds. The van der Waals surface area contributed by atoms with Crippen LogP contribution in [0.25, 0.3) is 0 Å². The van der Waals surface area contributed by atoms with E-state index in [1.54, 1.807) is 25.1 Å². The van der Waals surface area contributed by atoms with Gasteiger partial charge in [-0.05, 0) is 36.6 Å². The lowest BCUT2D eigenvalue weighted by molar-refractivity contribution is -0.152. The molecule has 0 aliphatic carbocycles. The Morgan fingerprint density at radius 1 is 1.04 bits per heavy atom. The predicted octanol–water partition coefficient (Wildman–Crippen LogP) is 3.47. The minimum atomic E-state index is -1.04. The first-order valence-corrected chi connectivity index (χ1v) is 8.75. The smallest absolute Gasteiger partial charge is 0.309 e. The van der Waals surface area contributed by atoms with Crippen LogP contribution in [0.3, 0.4) is 0 Å². The second-order valence-electron chi connectivity index (χ2n) is 6.01. The Kier molecular flexibility index (Phi) is 7.67. The van der Waals surface area contributed by atoms with E-state index in [1.807, 2.05) is 30.3 Å². The maximum atomic E-state index is 12.0. The van der Waals surface area contributed by atoms with Gasteiger partial charge in [0, 0.05) is 0 Å². The summed E-state index contributed by atoms with van der Waals surface area (Å²) >= 11 is 0. The highest BCUT2D eigenvalue weighted by atomic mass is 16.5. The van der Waals surface area contributed by atoms with Gasteiger partial charge in [-0.2, -0.15) is 0 Å². The van der Waals surface area contributed by atoms with Crippen molar-refractivity contribution in [1.82, 2.24) is 0 Å². The van der Waals surface area contributed by atoms with Crippen molar-refractivity contribution in [3.8, 4) is 11.5 Å². The van der Waals surface area contributed by atoms with Crippen molar-refractivity contribution < 1.29 is 28.9 Å². The molecule has 1 N–H and O–H groups in total. The molecule has 0 aliphatic heterocycles. The minimum Gasteiger partial charge on any atom is -0.493 e. The molecular weight excluding hydrogens is 348 g/mol. The summed E-state index contributed by atoms with van der Waals surface area (Å²) in [5.74, 6) is -1.19. The van der Waals surface area contributed by atoms with Crippen LogP contribution in [0.4, 0.5) is 0 Å². The number of carbonyl (C=O) groups excluding carboxylic acids is 1. The molecule has 0 heterocycles. The van der Waals surface area contributed by atoms with Crippen LogP contribution >= 0.6 is 0 Å². The van der Waals surface area contributed by atoms with Crippen LogP contribution in [-0.2, 0) is 27.4 Å². The molecule has 0 saturated heterocycles. The van der Waals surface area contributed by atoms with Crippen molar-refractivity contribution in [1.29, 1.82) is 0 Å². The zero-order valence-electron chi connectivity index (χ0n) is 15.5. The highest BCUT2D eigenvalue weighted by Gasteiger charge is 2.24. The molecule has 2 aromatic rings. The highest BCUT2D eigenvalue weighted by Crippen LogP contribution is 2.30. The van der Waals surface area contributed by atoms with Crippen LogP contribution in [-0.4, -0.2) is 30.8 Å². The van der Waals surface area contributed by atoms with Gasteiger partial charge in [0.15, 0.2) is 11.5 Å². The number of esters is 1. The number of aliphatic carboxylic acids is 1. The van der Waals surface area contributed by atoms with Crippen LogP contribution in [0.5, 0.6) is 11.5 Å². The molecule has 0 spiro atoms. The summed E-state index contributed by atoms with van der Waals surface area (Å²) in [5.41, 5.74) is 1.81. The van der Waals surface area contributed by atoms with Gasteiger partial charge < -0.3 is 19.3 Å². The average Bonchev–Trinajstić information content (AvgIpc) is 2.67. The Bertz CT molecular complexity index is 757. The Morgan fingerprint density at radius 2 is 1.78 bits per heavy atom. The van der Waals surface area contributed by atoms with Crippen LogP contribution in [0.1, 0.15) is 24.5 Å². The predicted molar refractivity (Wildman–Crippen MR) is 99.8 cm³/mol. The molecule has 0 bridgehead atoms. The Labute approximate surface area is 158 Å². The topological polar surface area (TPSA) is 82.1 Å². The van der Waals surface area contributed by atoms with Gasteiger partial charge in [-0.15, -0.1) is 0 Å². The third-order valence-corrected chi connectivity index (χ3v) is 3.99. The van der Waals surface area contributed by atoms with Crippen molar-refractivity contribution >= 4 is 11.9 Å². The number of hydrogen-bond acceptors (Lipinski definition) is 5. The van der Waals surface area contributed by atoms with Crippen LogP contribution in [0.15, 0.2) is 48.5 Å². The highest BCUT2D eigenvalue weighted by molar-refractivity contribution is 5.79. The monoisotopic (exact) mass is 372 g/mol. The number of methoxy groups -OCH3 is 1. The van der Waals surface area contributed by atoms with Gasteiger partial charge in [0.05, 0.1) is 26.1 Å². The van der Waals surface area contributed by atoms with Gasteiger partial charge in [0.1, 0.15) is 6.61 Å². The normalized spacial score (nSPS) is 11.5. The summed E-state index contributed by atoms with van der Waals surface area (Å²) < 4.78 is 16.2. The van der Waals surface area contributed by atoms with Crippen molar-refractivity contribution in [3.63, 3.8) is 0 Å². The zero-order chi connectivity index (χ0) is 19.6. The van der Waals surface area contributed by atoms with E-state index in [0.717, 1.165) is 11.1 Å². The summed E-state index contributed by atoms with van der Waals surface area (Å²) in [6.45, 7) is 2.31. The van der Waals surface area contributed by atoms with E-state index in [-0.39, 0.29) is 19.4 Å². The van der Waals surface area contributed by atoms with Gasteiger partial charge in [0.25, 0.3) is 0 Å². The van der Waals surface area contributed by atoms with E-state index >= 15 is 0 Å². The summed E-state index contributed by atoms with van der Waals surface area (Å²) in [7, 11) is 1.54. The molecule has 144 valence electrons. The quantitative estimate of drug-likeness (QED) is 0.643. The molecule has 0 saturated carbocycles. The largest absolute Gasteiger partial charge is 0.493 e. The van der Waals surface area contributed by atoms with Crippen molar-refractivity contribution in [2.24, 2.45) is 5.92 Å². The number of carboxylic acid groups (broad SMARTS) is 1. The number of carbonyl (C=O) groups is 2. The molecule has 0 fully saturated rings. The molecule has 27 heavy (non-hydrogen) atoms. The fraction of sp³-hybridized carbons (Fsp3) is 0.333. The summed E-state index contributed by atoms with van der Waals surface area (Å²) in [6.07, 6.45) is -0.0339. The van der Waals surface area contributed by atoms with Crippen molar-refractivity contribution in [3.05, 3.63) is 59.7 Å². The Balaban J connectivity index is 2.10. The first kappa shape index (κ1) is 20.3. The first-order valence-electron chi connectivity index (χ1n) is 8.75. The molecule has 1 unspecified atom stereocenters. The molecule has 0 aromatic heterocycles. The van der Waals surface area contributed by atoms with Crippen LogP contribution in [0, 0.1) is 5.92 Å². The fourth-order valence-corrected chi connectivity index (χ4v) is 2.69. The number of hydrogen-bond donors (Lipinski definition) is 1. The van der Waals surface area contributed by atoms with Gasteiger partial charge in [0.2, 0.25) is 0 Å². The third kappa shape index (κ3) is 6.33. The van der Waals surface area contributed by atoms with E-state index in [9.17, 15) is 9.59 Å². The van der Waals surface area contributed by atoms with Gasteiger partial charge in [-0.1, -0.05) is 36.4 Å². The van der Waals surface area contributed by atoms with Gasteiger partial charge >= 0.3 is 11.9 Å². The maximum Gasteiger partial charge on any atom is 0.309 e. The lowest BCUT2D eigenvalue weighted by Gasteiger charge is -2.16. The Morgan fingerprint density at radius 3 is 2.41 bits per heavy atom. The zero-order valence-corrected chi connectivity index (χ0v) is 15.5. The fourth-order valence-electron chi connectivity index (χ4n) is 2.69. The van der Waals surface area contributed by atoms with Crippen LogP contribution < -0.4 is 9.47 Å². The van der Waals surface area contributed by atoms with E-state index < -0.39 is 17.9 Å². The summed E-state index contributed by atoms with van der Waals surface area (Å²) in [6, 6.07) is 15.1. The third-order valence-electron chi connectivity index (χ3n) is 3.99. The van der Waals surface area contributed by atoms with E-state index in [4.69, 9.17) is 19.3 Å². The molecule has 6 nitrogen and oxygen atoms in total. The van der Waals surface area contributed by atoms with Gasteiger partial charge in [-0.25, -0.2) is 0 Å². The molecule has 0 aliphatic rings. The molecule has 2 aromatic carbocycles. The molecule has 6 heteroatoms. The minimum absolute atomic E-state index is 0.213. The van der Waals surface area contributed by atoms with Crippen molar-refractivity contribution in [2.75, 3.05) is 13.7 Å². The van der Waals surface area contributed by atoms with Crippen LogP contribution in [0.2, 0.25) is 0 Å². The number of ether oxygens (including phenoxy) is 3. The standard InChI is InChI=1S/C21H24O6/c1-3-26-21(24)17(13-20(22)23)11-16-9-10-18(19(12-16)25-2)27-14-15-7-5-4-6-8-15/h4-10,12,17H,3,11,13-14H2,1-2H3,(H,22,23). The second kappa shape index (κ2) is 10.2. The first-order chi connectivity index (χ1) is 13.0. The number of carboxylic acids is 1. The Hall–Kier alpha value is -3.02.